The Morgan fingerprint density at radius 1 is 0.830 bits per heavy atom. The van der Waals surface area contributed by atoms with Gasteiger partial charge in [-0.25, -0.2) is 9.13 Å². The van der Waals surface area contributed by atoms with Crippen LogP contribution in [0.5, 0.6) is 0 Å². The third-order valence-electron chi connectivity index (χ3n) is 11.4. The molecule has 0 radical (unpaired) electrons. The normalized spacial score (nSPS) is 15.4. The monoisotopic (exact) mass is 625 g/mol. The molecule has 1 unspecified atom stereocenters. The van der Waals surface area contributed by atoms with E-state index in [1.807, 2.05) is 0 Å². The highest BCUT2D eigenvalue weighted by molar-refractivity contribution is 6.10. The van der Waals surface area contributed by atoms with Gasteiger partial charge >= 0.3 is 0 Å². The largest absolute Gasteiger partial charge is 0.455 e. The number of aromatic nitrogens is 3. The number of benzene rings is 3. The number of hydrogen-bond acceptors (Lipinski definition) is 1. The van der Waals surface area contributed by atoms with Crippen molar-refractivity contribution < 1.29 is 13.6 Å². The fraction of sp³-hybridized carbons (Fsp3) is 0.395. The Morgan fingerprint density at radius 3 is 2.34 bits per heavy atom. The zero-order valence-corrected chi connectivity index (χ0v) is 29.4. The molecule has 0 fully saturated rings. The number of nitrogens with zero attached hydrogens (tertiary/aromatic N) is 3. The molecule has 3 aromatic heterocycles. The van der Waals surface area contributed by atoms with Gasteiger partial charge in [-0.15, -0.1) is 0 Å². The predicted octanol–water partition coefficient (Wildman–Crippen LogP) is 10.3. The second kappa shape index (κ2) is 12.4. The fourth-order valence-corrected chi connectivity index (χ4v) is 8.78. The van der Waals surface area contributed by atoms with E-state index >= 15 is 0 Å². The summed E-state index contributed by atoms with van der Waals surface area (Å²) in [5.74, 6) is 1.61. The average molecular weight is 626 g/mol. The molecule has 0 N–H and O–H groups in total. The van der Waals surface area contributed by atoms with Gasteiger partial charge in [0.05, 0.1) is 30.1 Å². The minimum atomic E-state index is -0.0235. The zero-order valence-electron chi connectivity index (χ0n) is 29.4. The van der Waals surface area contributed by atoms with Crippen LogP contribution >= 0.6 is 0 Å². The molecule has 4 heterocycles. The summed E-state index contributed by atoms with van der Waals surface area (Å²) in [6, 6.07) is 25.6. The molecular weight excluding hydrogens is 574 g/mol. The second-order valence-corrected chi connectivity index (χ2v) is 14.1. The van der Waals surface area contributed by atoms with Gasteiger partial charge in [-0.1, -0.05) is 69.7 Å². The summed E-state index contributed by atoms with van der Waals surface area (Å²) in [7, 11) is 2.17. The molecule has 4 heteroatoms. The Hall–Kier alpha value is -4.18. The summed E-state index contributed by atoms with van der Waals surface area (Å²) < 4.78 is 14.3. The van der Waals surface area contributed by atoms with Crippen molar-refractivity contribution in [1.82, 2.24) is 4.57 Å². The van der Waals surface area contributed by atoms with E-state index in [1.165, 1.54) is 68.5 Å². The number of pyridine rings is 1. The maximum atomic E-state index is 7.00. The van der Waals surface area contributed by atoms with Crippen molar-refractivity contribution in [3.8, 4) is 22.6 Å². The summed E-state index contributed by atoms with van der Waals surface area (Å²) >= 11 is 0. The Balaban J connectivity index is 1.39. The van der Waals surface area contributed by atoms with Crippen molar-refractivity contribution in [3.05, 3.63) is 108 Å². The second-order valence-electron chi connectivity index (χ2n) is 14.1. The standard InChI is InChI=1S/C43H51N3O/c1-8-11-16-31-20-22-34-35-23-24-36-37(25-21-32-17-12-13-18-33(32)42-44(7)27-28-45(42)29(4)5)43(9-2,10-3)46-26-15-14-19-38(46)39(36)41(35)47-40(34)30(31)6/h12-15,17-20,22-24,26-29,37H,8-11,16,21,25H2,1-7H3/q+2. The number of aryl methyl sites for hydroxylation is 4. The van der Waals surface area contributed by atoms with Gasteiger partial charge in [0.15, 0.2) is 11.7 Å². The lowest BCUT2D eigenvalue weighted by Gasteiger charge is -2.40. The Labute approximate surface area is 280 Å². The molecule has 7 rings (SSSR count). The minimum absolute atomic E-state index is 0.0235. The maximum Gasteiger partial charge on any atom is 0.289 e. The predicted molar refractivity (Wildman–Crippen MR) is 194 cm³/mol. The third-order valence-corrected chi connectivity index (χ3v) is 11.4. The van der Waals surface area contributed by atoms with Crippen molar-refractivity contribution in [2.75, 3.05) is 0 Å². The summed E-state index contributed by atoms with van der Waals surface area (Å²) in [4.78, 5) is 0. The van der Waals surface area contributed by atoms with Crippen LogP contribution in [0.4, 0.5) is 0 Å². The number of hydrogen-bond donors (Lipinski definition) is 0. The van der Waals surface area contributed by atoms with E-state index in [0.717, 1.165) is 43.3 Å². The van der Waals surface area contributed by atoms with Gasteiger partial charge in [-0.3, -0.25) is 0 Å². The Morgan fingerprint density at radius 2 is 1.57 bits per heavy atom. The molecule has 1 aliphatic rings. The van der Waals surface area contributed by atoms with Gasteiger partial charge in [-0.2, -0.15) is 4.57 Å². The molecule has 47 heavy (non-hydrogen) atoms. The molecule has 1 aliphatic heterocycles. The van der Waals surface area contributed by atoms with Crippen LogP contribution in [0, 0.1) is 6.92 Å². The van der Waals surface area contributed by atoms with Crippen LogP contribution in [0.2, 0.25) is 0 Å². The van der Waals surface area contributed by atoms with Gasteiger partial charge in [0.25, 0.3) is 5.82 Å². The SMILES string of the molecule is CCCCc1ccc2c(oc3c4c(ccc32)C(CCc2ccccc2-c2n(C(C)C)cc[n+]2C)C(CC)(CC)[n+]2ccccc2-4)c1C. The van der Waals surface area contributed by atoms with Crippen LogP contribution in [-0.2, 0) is 25.4 Å². The molecular formula is C43H51N3O+2. The average Bonchev–Trinajstić information content (AvgIpc) is 3.67. The quantitative estimate of drug-likeness (QED) is 0.139. The number of imidazole rings is 1. The minimum Gasteiger partial charge on any atom is -0.455 e. The van der Waals surface area contributed by atoms with Crippen LogP contribution in [0.15, 0.2) is 89.7 Å². The summed E-state index contributed by atoms with van der Waals surface area (Å²) in [5.41, 5.74) is 11.5. The maximum absolute atomic E-state index is 7.00. The molecule has 4 nitrogen and oxygen atoms in total. The Kier molecular flexibility index (Phi) is 8.32. The van der Waals surface area contributed by atoms with Gasteiger partial charge < -0.3 is 4.42 Å². The van der Waals surface area contributed by atoms with Gasteiger partial charge in [0.1, 0.15) is 23.6 Å². The molecule has 0 saturated carbocycles. The van der Waals surface area contributed by atoms with Gasteiger partial charge in [-0.05, 0) is 80.8 Å². The molecule has 0 spiro atoms. The van der Waals surface area contributed by atoms with Crippen molar-refractivity contribution in [3.63, 3.8) is 0 Å². The Bertz CT molecular complexity index is 2070. The van der Waals surface area contributed by atoms with E-state index in [2.05, 4.69) is 148 Å². The third kappa shape index (κ3) is 4.94. The van der Waals surface area contributed by atoms with Crippen molar-refractivity contribution in [2.24, 2.45) is 7.05 Å². The number of unbranched alkanes of at least 4 members (excludes halogenated alkanes) is 1. The molecule has 0 aliphatic carbocycles. The molecule has 0 bridgehead atoms. The first-order valence-electron chi connectivity index (χ1n) is 18.0. The smallest absolute Gasteiger partial charge is 0.289 e. The first-order valence-corrected chi connectivity index (χ1v) is 18.0. The fourth-order valence-electron chi connectivity index (χ4n) is 8.78. The number of rotatable bonds is 10. The highest BCUT2D eigenvalue weighted by Crippen LogP contribution is 2.51. The van der Waals surface area contributed by atoms with Gasteiger partial charge in [0.2, 0.25) is 5.69 Å². The highest BCUT2D eigenvalue weighted by Gasteiger charge is 2.51. The van der Waals surface area contributed by atoms with Gasteiger partial charge in [0, 0.05) is 35.7 Å². The lowest BCUT2D eigenvalue weighted by atomic mass is 9.68. The molecule has 242 valence electrons. The topological polar surface area (TPSA) is 25.8 Å². The molecule has 0 amide bonds. The highest BCUT2D eigenvalue weighted by atomic mass is 16.3. The van der Waals surface area contributed by atoms with Crippen molar-refractivity contribution in [1.29, 1.82) is 0 Å². The molecule has 1 atom stereocenters. The van der Waals surface area contributed by atoms with E-state index in [-0.39, 0.29) is 5.54 Å². The van der Waals surface area contributed by atoms with E-state index in [1.54, 1.807) is 0 Å². The summed E-state index contributed by atoms with van der Waals surface area (Å²) in [5, 5.41) is 2.46. The first kappa shape index (κ1) is 31.4. The van der Waals surface area contributed by atoms with E-state index in [0.29, 0.717) is 12.0 Å². The van der Waals surface area contributed by atoms with Crippen LogP contribution in [-0.4, -0.2) is 4.57 Å². The van der Waals surface area contributed by atoms with Crippen LogP contribution in [0.3, 0.4) is 0 Å². The molecule has 3 aromatic carbocycles. The van der Waals surface area contributed by atoms with Crippen molar-refractivity contribution in [2.45, 2.75) is 104 Å². The van der Waals surface area contributed by atoms with E-state index in [4.69, 9.17) is 4.42 Å². The van der Waals surface area contributed by atoms with E-state index in [9.17, 15) is 0 Å². The lowest BCUT2D eigenvalue weighted by Crippen LogP contribution is -2.62. The van der Waals surface area contributed by atoms with Crippen LogP contribution in [0.25, 0.3) is 44.6 Å². The summed E-state index contributed by atoms with van der Waals surface area (Å²) in [6.45, 7) is 13.8. The number of furan rings is 1. The zero-order chi connectivity index (χ0) is 32.9. The van der Waals surface area contributed by atoms with E-state index < -0.39 is 0 Å². The van der Waals surface area contributed by atoms with Crippen LogP contribution < -0.4 is 9.13 Å². The van der Waals surface area contributed by atoms with Crippen LogP contribution in [0.1, 0.15) is 101 Å². The lowest BCUT2D eigenvalue weighted by molar-refractivity contribution is -0.762. The van der Waals surface area contributed by atoms with Crippen molar-refractivity contribution >= 4 is 21.9 Å². The molecule has 0 saturated heterocycles. The summed E-state index contributed by atoms with van der Waals surface area (Å²) in [6.07, 6.45) is 14.4. The molecule has 6 aromatic rings. The number of fused-ring (bicyclic) bond motifs is 7. The first-order chi connectivity index (χ1) is 22.8.